The van der Waals surface area contributed by atoms with Crippen molar-refractivity contribution in [3.05, 3.63) is 10.1 Å². The molecule has 0 aromatic rings. The van der Waals surface area contributed by atoms with Crippen molar-refractivity contribution in [3.8, 4) is 0 Å². The molecule has 0 radical (unpaired) electrons. The van der Waals surface area contributed by atoms with Crippen molar-refractivity contribution in [3.63, 3.8) is 0 Å². The average molecular weight is 385 g/mol. The first kappa shape index (κ1) is 23.1. The van der Waals surface area contributed by atoms with Crippen LogP contribution in [-0.4, -0.2) is 67.8 Å². The predicted octanol–water partition coefficient (Wildman–Crippen LogP) is 2.63. The maximum atomic E-state index is 13.2. The Kier molecular flexibility index (Phi) is 9.77. The minimum Gasteiger partial charge on any atom is -0.377 e. The van der Waals surface area contributed by atoms with Crippen LogP contribution in [0.1, 0.15) is 39.5 Å². The first-order valence-corrected chi connectivity index (χ1v) is 8.95. The standard InChI is InChI=1S/C16H30F3N3O4/c1-4-20-10-26-11-21(12(2)15(9-25-3)22(23)24)14-7-5-6-13(8-14)16(17,18)19/h12-15,20H,4-11H2,1-3H3. The molecule has 1 saturated carbocycles. The molecule has 0 heterocycles. The highest BCUT2D eigenvalue weighted by Gasteiger charge is 2.45. The van der Waals surface area contributed by atoms with Crippen LogP contribution in [0.2, 0.25) is 0 Å². The van der Waals surface area contributed by atoms with Gasteiger partial charge in [-0.25, -0.2) is 0 Å². The van der Waals surface area contributed by atoms with Gasteiger partial charge in [0.2, 0.25) is 0 Å². The molecule has 0 aromatic heterocycles. The van der Waals surface area contributed by atoms with Crippen LogP contribution in [-0.2, 0) is 9.47 Å². The Bertz CT molecular complexity index is 426. The quantitative estimate of drug-likeness (QED) is 0.255. The molecule has 0 spiro atoms. The van der Waals surface area contributed by atoms with Crippen LogP contribution in [0.4, 0.5) is 13.2 Å². The van der Waals surface area contributed by atoms with Gasteiger partial charge in [-0.3, -0.25) is 20.3 Å². The highest BCUT2D eigenvalue weighted by molar-refractivity contribution is 4.87. The number of rotatable bonds is 11. The third kappa shape index (κ3) is 6.98. The van der Waals surface area contributed by atoms with E-state index in [9.17, 15) is 23.3 Å². The molecule has 154 valence electrons. The summed E-state index contributed by atoms with van der Waals surface area (Å²) in [6.07, 6.45) is -3.18. The average Bonchev–Trinajstić information content (AvgIpc) is 2.58. The van der Waals surface area contributed by atoms with Gasteiger partial charge in [-0.15, -0.1) is 0 Å². The molecule has 7 nitrogen and oxygen atoms in total. The maximum Gasteiger partial charge on any atom is 0.391 e. The normalized spacial score (nSPS) is 23.8. The predicted molar refractivity (Wildman–Crippen MR) is 90.3 cm³/mol. The summed E-state index contributed by atoms with van der Waals surface area (Å²) in [5.41, 5.74) is 0. The molecule has 1 N–H and O–H groups in total. The minimum absolute atomic E-state index is 0.0392. The van der Waals surface area contributed by atoms with Crippen molar-refractivity contribution < 1.29 is 27.6 Å². The Hall–Kier alpha value is -0.970. The summed E-state index contributed by atoms with van der Waals surface area (Å²) >= 11 is 0. The number of halogens is 3. The lowest BCUT2D eigenvalue weighted by Gasteiger charge is -2.41. The second-order valence-corrected chi connectivity index (χ2v) is 6.70. The molecular weight excluding hydrogens is 355 g/mol. The lowest BCUT2D eigenvalue weighted by Crippen LogP contribution is -2.54. The third-order valence-corrected chi connectivity index (χ3v) is 4.96. The summed E-state index contributed by atoms with van der Waals surface area (Å²) in [5.74, 6) is -1.37. The minimum atomic E-state index is -4.24. The first-order valence-electron chi connectivity index (χ1n) is 8.95. The van der Waals surface area contributed by atoms with Gasteiger partial charge in [0, 0.05) is 18.1 Å². The summed E-state index contributed by atoms with van der Waals surface area (Å²) in [5, 5.41) is 14.4. The molecule has 1 aliphatic carbocycles. The van der Waals surface area contributed by atoms with E-state index in [1.165, 1.54) is 7.11 Å². The van der Waals surface area contributed by atoms with Crippen LogP contribution >= 0.6 is 0 Å². The summed E-state index contributed by atoms with van der Waals surface area (Å²) in [6, 6.07) is -2.05. The second kappa shape index (κ2) is 11.0. The van der Waals surface area contributed by atoms with E-state index in [-0.39, 0.29) is 32.9 Å². The number of alkyl halides is 3. The summed E-state index contributed by atoms with van der Waals surface area (Å²) < 4.78 is 49.9. The van der Waals surface area contributed by atoms with Crippen molar-refractivity contribution in [2.45, 2.75) is 63.8 Å². The van der Waals surface area contributed by atoms with Crippen molar-refractivity contribution in [2.24, 2.45) is 5.92 Å². The number of nitro groups is 1. The molecule has 0 bridgehead atoms. The Balaban J connectivity index is 2.90. The zero-order valence-corrected chi connectivity index (χ0v) is 15.6. The summed E-state index contributed by atoms with van der Waals surface area (Å²) in [4.78, 5) is 12.6. The van der Waals surface area contributed by atoms with Crippen LogP contribution < -0.4 is 5.32 Å². The van der Waals surface area contributed by atoms with Gasteiger partial charge in [0.25, 0.3) is 6.04 Å². The van der Waals surface area contributed by atoms with Gasteiger partial charge in [-0.05, 0) is 32.7 Å². The molecule has 0 aromatic carbocycles. The van der Waals surface area contributed by atoms with Crippen LogP contribution in [0, 0.1) is 16.0 Å². The van der Waals surface area contributed by atoms with Gasteiger partial charge < -0.3 is 9.47 Å². The van der Waals surface area contributed by atoms with E-state index >= 15 is 0 Å². The SMILES string of the molecule is CCNCOCN(C1CCCC(C(F)(F)F)C1)C(C)C(COC)[N+](=O)[O-]. The summed E-state index contributed by atoms with van der Waals surface area (Å²) in [7, 11) is 1.37. The molecule has 10 heteroatoms. The van der Waals surface area contributed by atoms with Gasteiger partial charge in [-0.1, -0.05) is 13.3 Å². The number of ether oxygens (including phenoxy) is 2. The smallest absolute Gasteiger partial charge is 0.377 e. The molecule has 1 aliphatic rings. The van der Waals surface area contributed by atoms with Crippen molar-refractivity contribution in [1.82, 2.24) is 10.2 Å². The van der Waals surface area contributed by atoms with Crippen LogP contribution in [0.5, 0.6) is 0 Å². The number of hydrogen-bond donors (Lipinski definition) is 1. The van der Waals surface area contributed by atoms with E-state index < -0.39 is 35.1 Å². The molecular formula is C16H30F3N3O4. The van der Waals surface area contributed by atoms with Crippen LogP contribution in [0.25, 0.3) is 0 Å². The Morgan fingerprint density at radius 2 is 2.08 bits per heavy atom. The highest BCUT2D eigenvalue weighted by atomic mass is 19.4. The number of nitrogens with one attached hydrogen (secondary N) is 1. The van der Waals surface area contributed by atoms with Gasteiger partial charge in [0.15, 0.2) is 0 Å². The molecule has 4 unspecified atom stereocenters. The molecule has 1 rings (SSSR count). The van der Waals surface area contributed by atoms with Crippen LogP contribution in [0.15, 0.2) is 0 Å². The van der Waals surface area contributed by atoms with Crippen molar-refractivity contribution in [2.75, 3.05) is 33.7 Å². The Morgan fingerprint density at radius 3 is 2.62 bits per heavy atom. The molecule has 1 fully saturated rings. The van der Waals surface area contributed by atoms with Gasteiger partial charge >= 0.3 is 6.18 Å². The van der Waals surface area contributed by atoms with E-state index in [1.54, 1.807) is 11.8 Å². The van der Waals surface area contributed by atoms with E-state index in [0.717, 1.165) is 0 Å². The highest BCUT2D eigenvalue weighted by Crippen LogP contribution is 2.39. The molecule has 0 amide bonds. The van der Waals surface area contributed by atoms with Gasteiger partial charge in [0.1, 0.15) is 13.3 Å². The fraction of sp³-hybridized carbons (Fsp3) is 1.00. The zero-order chi connectivity index (χ0) is 19.7. The first-order chi connectivity index (χ1) is 12.2. The number of nitrogens with zero attached hydrogens (tertiary/aromatic N) is 2. The van der Waals surface area contributed by atoms with Gasteiger partial charge in [-0.2, -0.15) is 13.2 Å². The fourth-order valence-corrected chi connectivity index (χ4v) is 3.41. The lowest BCUT2D eigenvalue weighted by atomic mass is 9.84. The monoisotopic (exact) mass is 385 g/mol. The summed E-state index contributed by atoms with van der Waals surface area (Å²) in [6.45, 7) is 4.42. The fourth-order valence-electron chi connectivity index (χ4n) is 3.41. The molecule has 4 atom stereocenters. The second-order valence-electron chi connectivity index (χ2n) is 6.70. The Labute approximate surface area is 152 Å². The van der Waals surface area contributed by atoms with E-state index in [0.29, 0.717) is 19.4 Å². The van der Waals surface area contributed by atoms with Crippen LogP contribution in [0.3, 0.4) is 0 Å². The Morgan fingerprint density at radius 1 is 1.38 bits per heavy atom. The van der Waals surface area contributed by atoms with Gasteiger partial charge in [0.05, 0.1) is 18.7 Å². The molecule has 26 heavy (non-hydrogen) atoms. The largest absolute Gasteiger partial charge is 0.391 e. The van der Waals surface area contributed by atoms with Crippen molar-refractivity contribution >= 4 is 0 Å². The molecule has 0 saturated heterocycles. The topological polar surface area (TPSA) is 76.9 Å². The van der Waals surface area contributed by atoms with E-state index in [2.05, 4.69) is 5.32 Å². The maximum absolute atomic E-state index is 13.2. The number of hydrogen-bond acceptors (Lipinski definition) is 6. The molecule has 0 aliphatic heterocycles. The number of methoxy groups -OCH3 is 1. The third-order valence-electron chi connectivity index (χ3n) is 4.96. The van der Waals surface area contributed by atoms with E-state index in [4.69, 9.17) is 9.47 Å². The van der Waals surface area contributed by atoms with E-state index in [1.807, 2.05) is 6.92 Å². The van der Waals surface area contributed by atoms with Crippen molar-refractivity contribution in [1.29, 1.82) is 0 Å². The zero-order valence-electron chi connectivity index (χ0n) is 15.6. The lowest BCUT2D eigenvalue weighted by molar-refractivity contribution is -0.534.